The molecule has 0 aliphatic rings. The second kappa shape index (κ2) is 10.3. The number of nitrogens with one attached hydrogen (secondary N) is 2. The van der Waals surface area contributed by atoms with Crippen molar-refractivity contribution in [1.29, 1.82) is 0 Å². The predicted octanol–water partition coefficient (Wildman–Crippen LogP) is 3.24. The highest BCUT2D eigenvalue weighted by molar-refractivity contribution is 7.89. The van der Waals surface area contributed by atoms with Crippen LogP contribution < -0.4 is 15.4 Å². The Morgan fingerprint density at radius 3 is 2.24 bits per heavy atom. The zero-order valence-corrected chi connectivity index (χ0v) is 18.3. The van der Waals surface area contributed by atoms with Crippen LogP contribution in [0, 0.1) is 0 Å². The summed E-state index contributed by atoms with van der Waals surface area (Å²) < 4.78 is 30.9. The van der Waals surface area contributed by atoms with Gasteiger partial charge in [0.2, 0.25) is 10.0 Å². The van der Waals surface area contributed by atoms with Gasteiger partial charge in [0, 0.05) is 25.3 Å². The van der Waals surface area contributed by atoms with E-state index in [0.717, 1.165) is 17.1 Å². The third-order valence-corrected chi connectivity index (χ3v) is 6.03. The molecule has 0 saturated carbocycles. The van der Waals surface area contributed by atoms with Crippen molar-refractivity contribution in [2.45, 2.75) is 24.7 Å². The molecule has 0 unspecified atom stereocenters. The summed E-state index contributed by atoms with van der Waals surface area (Å²) in [6.45, 7) is 2.73. The first-order valence-corrected chi connectivity index (χ1v) is 11.0. The van der Waals surface area contributed by atoms with E-state index in [1.807, 2.05) is 0 Å². The lowest BCUT2D eigenvalue weighted by Gasteiger charge is -2.13. The molecule has 0 heterocycles. The van der Waals surface area contributed by atoms with Crippen molar-refractivity contribution in [2.24, 2.45) is 0 Å². The number of anilines is 1. The van der Waals surface area contributed by atoms with Gasteiger partial charge in [-0.3, -0.25) is 10.1 Å². The SMILES string of the molecule is CCCCOc1ccc(C(=O)NC(=S)Nc2ccc(S(=O)(=O)N(C)C)cc2)cc1. The predicted molar refractivity (Wildman–Crippen MR) is 118 cm³/mol. The van der Waals surface area contributed by atoms with Crippen molar-refractivity contribution in [1.82, 2.24) is 9.62 Å². The van der Waals surface area contributed by atoms with Crippen molar-refractivity contribution >= 4 is 38.9 Å². The topological polar surface area (TPSA) is 87.7 Å². The van der Waals surface area contributed by atoms with Crippen LogP contribution in [0.25, 0.3) is 0 Å². The lowest BCUT2D eigenvalue weighted by Crippen LogP contribution is -2.34. The minimum atomic E-state index is -3.50. The van der Waals surface area contributed by atoms with Crippen molar-refractivity contribution in [3.8, 4) is 5.75 Å². The first-order valence-electron chi connectivity index (χ1n) is 9.12. The fourth-order valence-corrected chi connectivity index (χ4v) is 3.41. The maximum absolute atomic E-state index is 12.3. The lowest BCUT2D eigenvalue weighted by atomic mass is 10.2. The summed E-state index contributed by atoms with van der Waals surface area (Å²) in [7, 11) is -0.559. The number of benzene rings is 2. The normalized spacial score (nSPS) is 11.2. The van der Waals surface area contributed by atoms with E-state index in [4.69, 9.17) is 17.0 Å². The van der Waals surface area contributed by atoms with Crippen molar-refractivity contribution < 1.29 is 17.9 Å². The molecule has 2 aromatic carbocycles. The van der Waals surface area contributed by atoms with E-state index >= 15 is 0 Å². The summed E-state index contributed by atoms with van der Waals surface area (Å²) in [6.07, 6.45) is 2.03. The average molecular weight is 436 g/mol. The summed E-state index contributed by atoms with van der Waals surface area (Å²) in [6, 6.07) is 12.9. The van der Waals surface area contributed by atoms with Crippen LogP contribution in [0.15, 0.2) is 53.4 Å². The Labute approximate surface area is 177 Å². The molecule has 0 bridgehead atoms. The summed E-state index contributed by atoms with van der Waals surface area (Å²) in [5.41, 5.74) is 1.01. The van der Waals surface area contributed by atoms with Gasteiger partial charge in [-0.15, -0.1) is 0 Å². The highest BCUT2D eigenvalue weighted by Crippen LogP contribution is 2.17. The lowest BCUT2D eigenvalue weighted by molar-refractivity contribution is 0.0977. The molecule has 0 radical (unpaired) electrons. The molecule has 0 spiro atoms. The van der Waals surface area contributed by atoms with Crippen molar-refractivity contribution in [3.63, 3.8) is 0 Å². The fraction of sp³-hybridized carbons (Fsp3) is 0.300. The molecule has 1 amide bonds. The van der Waals surface area contributed by atoms with Crippen LogP contribution in [0.3, 0.4) is 0 Å². The Bertz CT molecular complexity index is 941. The van der Waals surface area contributed by atoms with Crippen LogP contribution in [-0.4, -0.2) is 44.4 Å². The molecular formula is C20H25N3O4S2. The van der Waals surface area contributed by atoms with Crippen LogP contribution in [0.5, 0.6) is 5.75 Å². The molecule has 156 valence electrons. The first-order chi connectivity index (χ1) is 13.7. The molecule has 29 heavy (non-hydrogen) atoms. The Morgan fingerprint density at radius 1 is 1.07 bits per heavy atom. The van der Waals surface area contributed by atoms with Crippen LogP contribution in [0.1, 0.15) is 30.1 Å². The van der Waals surface area contributed by atoms with Crippen molar-refractivity contribution in [2.75, 3.05) is 26.0 Å². The molecule has 0 aromatic heterocycles. The molecule has 0 atom stereocenters. The van der Waals surface area contributed by atoms with Crippen LogP contribution in [0.4, 0.5) is 5.69 Å². The summed E-state index contributed by atoms with van der Waals surface area (Å²) in [5.74, 6) is 0.359. The van der Waals surface area contributed by atoms with Gasteiger partial charge in [0.1, 0.15) is 5.75 Å². The smallest absolute Gasteiger partial charge is 0.257 e. The summed E-state index contributed by atoms with van der Waals surface area (Å²) in [4.78, 5) is 12.5. The average Bonchev–Trinajstić information content (AvgIpc) is 2.69. The van der Waals surface area contributed by atoms with Gasteiger partial charge in [-0.05, 0) is 67.2 Å². The molecular weight excluding hydrogens is 410 g/mol. The maximum atomic E-state index is 12.3. The van der Waals surface area contributed by atoms with Gasteiger partial charge in [0.15, 0.2) is 5.11 Å². The first kappa shape index (κ1) is 22.8. The van der Waals surface area contributed by atoms with Crippen molar-refractivity contribution in [3.05, 3.63) is 54.1 Å². The summed E-state index contributed by atoms with van der Waals surface area (Å²) >= 11 is 5.16. The third-order valence-electron chi connectivity index (χ3n) is 4.00. The Kier molecular flexibility index (Phi) is 8.12. The number of amides is 1. The van der Waals surface area contributed by atoms with Gasteiger partial charge in [-0.25, -0.2) is 12.7 Å². The minimum absolute atomic E-state index is 0.112. The number of unbranched alkanes of at least 4 members (excludes halogenated alkanes) is 1. The number of nitrogens with zero attached hydrogens (tertiary/aromatic N) is 1. The van der Waals surface area contributed by atoms with Gasteiger partial charge in [0.25, 0.3) is 5.91 Å². The van der Waals surface area contributed by atoms with Gasteiger partial charge in [0.05, 0.1) is 11.5 Å². The van der Waals surface area contributed by atoms with Crippen LogP contribution >= 0.6 is 12.2 Å². The number of hydrogen-bond donors (Lipinski definition) is 2. The molecule has 0 saturated heterocycles. The van der Waals surface area contributed by atoms with Gasteiger partial charge in [-0.2, -0.15) is 0 Å². The molecule has 2 aromatic rings. The standard InChI is InChI=1S/C20H25N3O4S2/c1-4-5-14-27-17-10-6-15(7-11-17)19(24)22-20(28)21-16-8-12-18(13-9-16)29(25,26)23(2)3/h6-13H,4-5,14H2,1-3H3,(H2,21,22,24,28). The maximum Gasteiger partial charge on any atom is 0.257 e. The monoisotopic (exact) mass is 435 g/mol. The van der Waals surface area contributed by atoms with E-state index in [1.54, 1.807) is 36.4 Å². The molecule has 2 rings (SSSR count). The fourth-order valence-electron chi connectivity index (χ4n) is 2.30. The van der Waals surface area contributed by atoms with Gasteiger partial charge >= 0.3 is 0 Å². The molecule has 0 aliphatic heterocycles. The van der Waals surface area contributed by atoms with E-state index in [2.05, 4.69) is 17.6 Å². The number of carbonyl (C=O) groups excluding carboxylic acids is 1. The van der Waals surface area contributed by atoms with E-state index in [-0.39, 0.29) is 15.9 Å². The second-order valence-corrected chi connectivity index (χ2v) is 9.01. The number of ether oxygens (including phenoxy) is 1. The van der Waals surface area contributed by atoms with E-state index in [0.29, 0.717) is 23.6 Å². The number of hydrogen-bond acceptors (Lipinski definition) is 5. The van der Waals surface area contributed by atoms with Gasteiger partial charge in [-0.1, -0.05) is 13.3 Å². The summed E-state index contributed by atoms with van der Waals surface area (Å²) in [5, 5.41) is 5.57. The van der Waals surface area contributed by atoms with Crippen LogP contribution in [0.2, 0.25) is 0 Å². The number of sulfonamides is 1. The van der Waals surface area contributed by atoms with E-state index in [9.17, 15) is 13.2 Å². The van der Waals surface area contributed by atoms with Crippen LogP contribution in [-0.2, 0) is 10.0 Å². The number of thiocarbonyl (C=S) groups is 1. The molecule has 9 heteroatoms. The molecule has 0 fully saturated rings. The number of carbonyl (C=O) groups is 1. The molecule has 7 nitrogen and oxygen atoms in total. The Balaban J connectivity index is 1.92. The Morgan fingerprint density at radius 2 is 1.69 bits per heavy atom. The Hall–Kier alpha value is -2.49. The highest BCUT2D eigenvalue weighted by Gasteiger charge is 2.16. The molecule has 2 N–H and O–H groups in total. The third kappa shape index (κ3) is 6.52. The highest BCUT2D eigenvalue weighted by atomic mass is 32.2. The quantitative estimate of drug-likeness (QED) is 0.489. The second-order valence-electron chi connectivity index (χ2n) is 6.45. The molecule has 0 aliphatic carbocycles. The number of rotatable bonds is 8. The zero-order chi connectivity index (χ0) is 21.4. The van der Waals surface area contributed by atoms with Gasteiger partial charge < -0.3 is 10.1 Å². The minimum Gasteiger partial charge on any atom is -0.494 e. The van der Waals surface area contributed by atoms with E-state index in [1.165, 1.54) is 26.2 Å². The largest absolute Gasteiger partial charge is 0.494 e. The zero-order valence-electron chi connectivity index (χ0n) is 16.6. The van der Waals surface area contributed by atoms with E-state index < -0.39 is 10.0 Å².